The highest BCUT2D eigenvalue weighted by Crippen LogP contribution is 2.32. The molecular weight excluding hydrogens is 454 g/mol. The van der Waals surface area contributed by atoms with E-state index in [9.17, 15) is 4.79 Å². The summed E-state index contributed by atoms with van der Waals surface area (Å²) in [5.41, 5.74) is 1.92. The normalized spacial score (nSPS) is 16.7. The van der Waals surface area contributed by atoms with Crippen LogP contribution in [0.2, 0.25) is 0 Å². The average Bonchev–Trinajstić information content (AvgIpc) is 3.41. The van der Waals surface area contributed by atoms with E-state index in [0.29, 0.717) is 12.5 Å². The van der Waals surface area contributed by atoms with Crippen LogP contribution in [0.5, 0.6) is 11.5 Å². The maximum Gasteiger partial charge on any atom is 0.219 e. The van der Waals surface area contributed by atoms with Crippen LogP contribution < -0.4 is 19.7 Å². The fourth-order valence-corrected chi connectivity index (χ4v) is 5.13. The second kappa shape index (κ2) is 12.8. The van der Waals surface area contributed by atoms with Gasteiger partial charge >= 0.3 is 0 Å². The van der Waals surface area contributed by atoms with Crippen molar-refractivity contribution in [1.29, 1.82) is 0 Å². The van der Waals surface area contributed by atoms with Crippen LogP contribution in [0.4, 0.5) is 17.2 Å². The Hall–Kier alpha value is -3.00. The van der Waals surface area contributed by atoms with Crippen molar-refractivity contribution in [1.82, 2.24) is 14.8 Å². The summed E-state index contributed by atoms with van der Waals surface area (Å²) in [6.07, 6.45) is 7.55. The number of benzene rings is 1. The zero-order chi connectivity index (χ0) is 25.3. The van der Waals surface area contributed by atoms with E-state index in [1.165, 1.54) is 25.9 Å². The molecule has 8 nitrogen and oxygen atoms in total. The maximum atomic E-state index is 11.6. The molecule has 36 heavy (non-hydrogen) atoms. The predicted octanol–water partition coefficient (Wildman–Crippen LogP) is 4.39. The number of carbonyl (C=O) groups excluding carboxylic acids is 1. The summed E-state index contributed by atoms with van der Waals surface area (Å²) in [5, 5.41) is 3.49. The summed E-state index contributed by atoms with van der Waals surface area (Å²) < 4.78 is 11.6. The van der Waals surface area contributed by atoms with Crippen LogP contribution in [0.3, 0.4) is 0 Å². The van der Waals surface area contributed by atoms with Gasteiger partial charge < -0.3 is 29.5 Å². The van der Waals surface area contributed by atoms with Crippen molar-refractivity contribution in [2.75, 3.05) is 70.2 Å². The number of carbonyl (C=O) groups is 1. The van der Waals surface area contributed by atoms with Gasteiger partial charge in [0.25, 0.3) is 0 Å². The number of rotatable bonds is 11. The highest BCUT2D eigenvalue weighted by atomic mass is 16.5. The fourth-order valence-electron chi connectivity index (χ4n) is 5.13. The van der Waals surface area contributed by atoms with Crippen LogP contribution in [0.15, 0.2) is 36.5 Å². The molecule has 1 aromatic carbocycles. The summed E-state index contributed by atoms with van der Waals surface area (Å²) in [6, 6.07) is 10.00. The first kappa shape index (κ1) is 26.1. The van der Waals surface area contributed by atoms with Gasteiger partial charge in [0.1, 0.15) is 5.82 Å². The van der Waals surface area contributed by atoms with Crippen LogP contribution in [0.1, 0.15) is 39.0 Å². The Labute approximate surface area is 215 Å². The third kappa shape index (κ3) is 7.26. The van der Waals surface area contributed by atoms with Gasteiger partial charge in [-0.15, -0.1) is 0 Å². The van der Waals surface area contributed by atoms with Gasteiger partial charge in [-0.25, -0.2) is 4.98 Å². The first-order chi connectivity index (χ1) is 17.5. The minimum atomic E-state index is 0.177. The van der Waals surface area contributed by atoms with Crippen molar-refractivity contribution in [3.05, 3.63) is 36.5 Å². The molecule has 2 aliphatic rings. The lowest BCUT2D eigenvalue weighted by Crippen LogP contribution is -2.40. The first-order valence-corrected chi connectivity index (χ1v) is 13.2. The summed E-state index contributed by atoms with van der Waals surface area (Å²) in [4.78, 5) is 22.8. The number of pyridine rings is 1. The van der Waals surface area contributed by atoms with Crippen molar-refractivity contribution in [2.45, 2.75) is 39.0 Å². The van der Waals surface area contributed by atoms with E-state index in [0.717, 1.165) is 74.1 Å². The molecule has 0 bridgehead atoms. The Morgan fingerprint density at radius 3 is 2.56 bits per heavy atom. The summed E-state index contributed by atoms with van der Waals surface area (Å²) in [6.45, 7) is 8.47. The lowest BCUT2D eigenvalue weighted by Gasteiger charge is -2.33. The van der Waals surface area contributed by atoms with Gasteiger partial charge in [-0.2, -0.15) is 0 Å². The number of hydrogen-bond acceptors (Lipinski definition) is 7. The molecule has 0 spiro atoms. The molecule has 2 saturated heterocycles. The molecule has 3 heterocycles. The van der Waals surface area contributed by atoms with E-state index in [1.807, 2.05) is 35.4 Å². The fraction of sp³-hybridized carbons (Fsp3) is 0.571. The number of hydrogen-bond donors (Lipinski definition) is 1. The van der Waals surface area contributed by atoms with Crippen molar-refractivity contribution in [2.24, 2.45) is 5.92 Å². The Morgan fingerprint density at radius 2 is 1.83 bits per heavy atom. The summed E-state index contributed by atoms with van der Waals surface area (Å²) >= 11 is 0. The van der Waals surface area contributed by atoms with Crippen molar-refractivity contribution in [3.63, 3.8) is 0 Å². The highest BCUT2D eigenvalue weighted by Gasteiger charge is 2.22. The topological polar surface area (TPSA) is 70.2 Å². The maximum absolute atomic E-state index is 11.6. The number of methoxy groups -OCH3 is 1. The lowest BCUT2D eigenvalue weighted by atomic mass is 9.96. The molecule has 0 unspecified atom stereocenters. The van der Waals surface area contributed by atoms with Gasteiger partial charge in [0.05, 0.1) is 13.7 Å². The largest absolute Gasteiger partial charge is 0.493 e. The van der Waals surface area contributed by atoms with Crippen molar-refractivity contribution >= 4 is 23.1 Å². The molecule has 196 valence electrons. The smallest absolute Gasteiger partial charge is 0.219 e. The van der Waals surface area contributed by atoms with E-state index in [-0.39, 0.29) is 5.91 Å². The second-order valence-corrected chi connectivity index (χ2v) is 9.97. The minimum absolute atomic E-state index is 0.177. The molecule has 1 N–H and O–H groups in total. The summed E-state index contributed by atoms with van der Waals surface area (Å²) in [5.74, 6) is 3.17. The van der Waals surface area contributed by atoms with E-state index < -0.39 is 0 Å². The Balaban J connectivity index is 1.32. The van der Waals surface area contributed by atoms with Gasteiger partial charge in [0.15, 0.2) is 11.5 Å². The number of aromatic nitrogens is 1. The number of nitrogens with one attached hydrogen (secondary N) is 1. The lowest BCUT2D eigenvalue weighted by molar-refractivity contribution is -0.130. The van der Waals surface area contributed by atoms with Gasteiger partial charge in [-0.3, -0.25) is 4.79 Å². The number of anilines is 3. The molecule has 2 aromatic rings. The number of ether oxygens (including phenoxy) is 2. The average molecular weight is 496 g/mol. The van der Waals surface area contributed by atoms with E-state index in [2.05, 4.69) is 33.2 Å². The predicted molar refractivity (Wildman–Crippen MR) is 145 cm³/mol. The van der Waals surface area contributed by atoms with Crippen LogP contribution in [-0.4, -0.2) is 80.7 Å². The monoisotopic (exact) mass is 495 g/mol. The zero-order valence-electron chi connectivity index (χ0n) is 22.0. The van der Waals surface area contributed by atoms with Crippen LogP contribution in [0.25, 0.3) is 0 Å². The quantitative estimate of drug-likeness (QED) is 0.464. The van der Waals surface area contributed by atoms with Crippen LogP contribution in [-0.2, 0) is 4.79 Å². The molecule has 2 aliphatic heterocycles. The van der Waals surface area contributed by atoms with Gasteiger partial charge in [0, 0.05) is 69.9 Å². The van der Waals surface area contributed by atoms with Crippen molar-refractivity contribution in [3.8, 4) is 11.5 Å². The molecule has 8 heteroatoms. The van der Waals surface area contributed by atoms with E-state index in [4.69, 9.17) is 9.47 Å². The number of piperidine rings is 1. The van der Waals surface area contributed by atoms with Crippen LogP contribution in [0, 0.1) is 5.92 Å². The van der Waals surface area contributed by atoms with E-state index >= 15 is 0 Å². The zero-order valence-corrected chi connectivity index (χ0v) is 22.0. The van der Waals surface area contributed by atoms with Crippen molar-refractivity contribution < 1.29 is 14.3 Å². The Morgan fingerprint density at radius 1 is 1.08 bits per heavy atom. The standard InChI is InChI=1S/C28H41N5O3/c1-22(34)33-16-10-23(11-17-33)21-31(2)28-20-25(9-12-29-28)30-24-7-8-26(35-3)27(19-24)36-18-6-15-32-13-4-5-14-32/h7-9,12,19-20,23H,4-6,10-11,13-18,21H2,1-3H3,(H,29,30). The molecule has 0 atom stereocenters. The number of likely N-dealkylation sites (tertiary alicyclic amines) is 2. The molecular formula is C28H41N5O3. The Kier molecular flexibility index (Phi) is 9.28. The van der Waals surface area contributed by atoms with Gasteiger partial charge in [-0.05, 0) is 69.3 Å². The number of amides is 1. The molecule has 0 saturated carbocycles. The minimum Gasteiger partial charge on any atom is -0.493 e. The molecule has 4 rings (SSSR count). The first-order valence-electron chi connectivity index (χ1n) is 13.2. The molecule has 0 aliphatic carbocycles. The highest BCUT2D eigenvalue weighted by molar-refractivity contribution is 5.73. The molecule has 0 radical (unpaired) electrons. The third-order valence-electron chi connectivity index (χ3n) is 7.26. The molecule has 2 fully saturated rings. The molecule has 1 amide bonds. The molecule has 1 aromatic heterocycles. The SMILES string of the molecule is COc1ccc(Nc2ccnc(N(C)CC3CCN(C(C)=O)CC3)c2)cc1OCCCN1CCCC1. The Bertz CT molecular complexity index is 987. The number of nitrogens with zero attached hydrogens (tertiary/aromatic N) is 4. The second-order valence-electron chi connectivity index (χ2n) is 9.97. The third-order valence-corrected chi connectivity index (χ3v) is 7.26. The summed E-state index contributed by atoms with van der Waals surface area (Å²) in [7, 11) is 3.76. The van der Waals surface area contributed by atoms with E-state index in [1.54, 1.807) is 14.0 Å². The van der Waals surface area contributed by atoms with Crippen LogP contribution >= 0.6 is 0 Å². The van der Waals surface area contributed by atoms with Gasteiger partial charge in [-0.1, -0.05) is 0 Å². The van der Waals surface area contributed by atoms with Gasteiger partial charge in [0.2, 0.25) is 5.91 Å².